The van der Waals surface area contributed by atoms with E-state index in [2.05, 4.69) is 11.8 Å². The molecule has 0 radical (unpaired) electrons. The van der Waals surface area contributed by atoms with E-state index in [1.807, 2.05) is 0 Å². The highest BCUT2D eigenvalue weighted by molar-refractivity contribution is 5.79. The van der Waals surface area contributed by atoms with Gasteiger partial charge in [-0.3, -0.25) is 4.79 Å². The Morgan fingerprint density at radius 1 is 1.24 bits per heavy atom. The molecule has 2 fully saturated rings. The van der Waals surface area contributed by atoms with Gasteiger partial charge in [0.1, 0.15) is 0 Å². The van der Waals surface area contributed by atoms with Crippen molar-refractivity contribution in [1.29, 1.82) is 0 Å². The van der Waals surface area contributed by atoms with E-state index in [1.165, 1.54) is 19.3 Å². The summed E-state index contributed by atoms with van der Waals surface area (Å²) in [5.41, 5.74) is 6.07. The van der Waals surface area contributed by atoms with Crippen molar-refractivity contribution in [3.8, 4) is 0 Å². The van der Waals surface area contributed by atoms with Crippen LogP contribution in [-0.4, -0.2) is 30.4 Å². The lowest BCUT2D eigenvalue weighted by Gasteiger charge is -2.40. The molecule has 2 rings (SSSR count). The zero-order valence-electron chi connectivity index (χ0n) is 11.1. The minimum atomic E-state index is 0.267. The Bertz CT molecular complexity index is 263. The Kier molecular flexibility index (Phi) is 4.08. The Morgan fingerprint density at radius 3 is 2.35 bits per heavy atom. The van der Waals surface area contributed by atoms with Gasteiger partial charge in [-0.2, -0.15) is 0 Å². The highest BCUT2D eigenvalue weighted by Gasteiger charge is 2.33. The lowest BCUT2D eigenvalue weighted by atomic mass is 9.80. The third kappa shape index (κ3) is 3.01. The summed E-state index contributed by atoms with van der Waals surface area (Å²) in [5, 5.41) is 0. The van der Waals surface area contributed by atoms with Gasteiger partial charge >= 0.3 is 0 Å². The first-order chi connectivity index (χ1) is 8.14. The van der Waals surface area contributed by atoms with E-state index in [0.29, 0.717) is 11.8 Å². The molecule has 0 aromatic carbocycles. The summed E-state index contributed by atoms with van der Waals surface area (Å²) in [4.78, 5) is 14.4. The van der Waals surface area contributed by atoms with Gasteiger partial charge in [0.05, 0.1) is 0 Å². The summed E-state index contributed by atoms with van der Waals surface area (Å²) < 4.78 is 0. The minimum absolute atomic E-state index is 0.267. The molecule has 1 saturated carbocycles. The normalized spacial score (nSPS) is 25.9. The Hall–Kier alpha value is -0.570. The van der Waals surface area contributed by atoms with Gasteiger partial charge < -0.3 is 10.6 Å². The summed E-state index contributed by atoms with van der Waals surface area (Å²) >= 11 is 0. The molecule has 0 atom stereocenters. The highest BCUT2D eigenvalue weighted by Crippen LogP contribution is 2.32. The van der Waals surface area contributed by atoms with E-state index < -0.39 is 0 Å². The SMILES string of the molecule is CC1(CN)CCN(C(=O)C2CCCCC2)CC1. The van der Waals surface area contributed by atoms with E-state index in [-0.39, 0.29) is 5.41 Å². The van der Waals surface area contributed by atoms with Crippen LogP contribution in [0.4, 0.5) is 0 Å². The molecule has 0 unspecified atom stereocenters. The zero-order chi connectivity index (χ0) is 12.3. The van der Waals surface area contributed by atoms with Gasteiger partial charge in [0.2, 0.25) is 5.91 Å². The molecule has 1 aliphatic heterocycles. The summed E-state index contributed by atoms with van der Waals surface area (Å²) in [7, 11) is 0. The number of nitrogens with two attached hydrogens (primary N) is 1. The fraction of sp³-hybridized carbons (Fsp3) is 0.929. The summed E-state index contributed by atoms with van der Waals surface area (Å²) in [6.07, 6.45) is 8.17. The van der Waals surface area contributed by atoms with E-state index >= 15 is 0 Å². The number of likely N-dealkylation sites (tertiary alicyclic amines) is 1. The summed E-state index contributed by atoms with van der Waals surface area (Å²) in [6.45, 7) is 4.83. The monoisotopic (exact) mass is 238 g/mol. The lowest BCUT2D eigenvalue weighted by molar-refractivity contribution is -0.138. The number of hydrogen-bond donors (Lipinski definition) is 1. The number of rotatable bonds is 2. The number of piperidine rings is 1. The second-order valence-corrected chi connectivity index (χ2v) is 6.18. The first kappa shape index (κ1) is 12.9. The number of hydrogen-bond acceptors (Lipinski definition) is 2. The molecule has 2 N–H and O–H groups in total. The predicted octanol–water partition coefficient (Wildman–Crippen LogP) is 2.15. The number of carbonyl (C=O) groups excluding carboxylic acids is 1. The van der Waals surface area contributed by atoms with Crippen LogP contribution in [0.5, 0.6) is 0 Å². The van der Waals surface area contributed by atoms with Crippen LogP contribution in [-0.2, 0) is 4.79 Å². The van der Waals surface area contributed by atoms with Gasteiger partial charge in [0.15, 0.2) is 0 Å². The topological polar surface area (TPSA) is 46.3 Å². The third-order valence-electron chi connectivity index (χ3n) is 4.73. The molecule has 1 aliphatic carbocycles. The molecular formula is C14H26N2O. The molecule has 98 valence electrons. The van der Waals surface area contributed by atoms with Crippen molar-refractivity contribution >= 4 is 5.91 Å². The van der Waals surface area contributed by atoms with Gasteiger partial charge in [-0.15, -0.1) is 0 Å². The zero-order valence-corrected chi connectivity index (χ0v) is 11.1. The van der Waals surface area contributed by atoms with Crippen molar-refractivity contribution in [3.05, 3.63) is 0 Å². The third-order valence-corrected chi connectivity index (χ3v) is 4.73. The average Bonchev–Trinajstić information content (AvgIpc) is 2.40. The van der Waals surface area contributed by atoms with Gasteiger partial charge in [0, 0.05) is 19.0 Å². The number of carbonyl (C=O) groups is 1. The predicted molar refractivity (Wildman–Crippen MR) is 69.6 cm³/mol. The molecule has 2 aliphatic rings. The van der Waals surface area contributed by atoms with Crippen molar-refractivity contribution in [2.45, 2.75) is 51.9 Å². The van der Waals surface area contributed by atoms with Crippen LogP contribution in [0.2, 0.25) is 0 Å². The number of nitrogens with zero attached hydrogens (tertiary/aromatic N) is 1. The van der Waals surface area contributed by atoms with Gasteiger partial charge in [-0.1, -0.05) is 26.2 Å². The highest BCUT2D eigenvalue weighted by atomic mass is 16.2. The van der Waals surface area contributed by atoms with Crippen molar-refractivity contribution in [2.75, 3.05) is 19.6 Å². The van der Waals surface area contributed by atoms with Crippen LogP contribution in [0, 0.1) is 11.3 Å². The molecule has 17 heavy (non-hydrogen) atoms. The average molecular weight is 238 g/mol. The maximum Gasteiger partial charge on any atom is 0.225 e. The fourth-order valence-corrected chi connectivity index (χ4v) is 3.08. The smallest absolute Gasteiger partial charge is 0.225 e. The molecule has 1 saturated heterocycles. The van der Waals surface area contributed by atoms with Gasteiger partial charge in [0.25, 0.3) is 0 Å². The van der Waals surface area contributed by atoms with Crippen LogP contribution >= 0.6 is 0 Å². The second-order valence-electron chi connectivity index (χ2n) is 6.18. The van der Waals surface area contributed by atoms with E-state index in [4.69, 9.17) is 5.73 Å². The lowest BCUT2D eigenvalue weighted by Crippen LogP contribution is -2.46. The molecular weight excluding hydrogens is 212 g/mol. The Balaban J connectivity index is 1.85. The standard InChI is InChI=1S/C14H26N2O/c1-14(11-15)7-9-16(10-8-14)13(17)12-5-3-2-4-6-12/h12H,2-11,15H2,1H3. The molecule has 3 heteroatoms. The molecule has 1 amide bonds. The maximum atomic E-state index is 12.3. The second kappa shape index (κ2) is 5.38. The maximum absolute atomic E-state index is 12.3. The molecule has 0 aromatic heterocycles. The van der Waals surface area contributed by atoms with Crippen LogP contribution < -0.4 is 5.73 Å². The summed E-state index contributed by atoms with van der Waals surface area (Å²) in [6, 6.07) is 0. The first-order valence-corrected chi connectivity index (χ1v) is 7.13. The van der Waals surface area contributed by atoms with Crippen molar-refractivity contribution in [1.82, 2.24) is 4.90 Å². The van der Waals surface area contributed by atoms with Gasteiger partial charge in [-0.05, 0) is 37.6 Å². The van der Waals surface area contributed by atoms with Gasteiger partial charge in [-0.25, -0.2) is 0 Å². The van der Waals surface area contributed by atoms with E-state index in [1.54, 1.807) is 0 Å². The molecule has 1 heterocycles. The first-order valence-electron chi connectivity index (χ1n) is 7.13. The molecule has 0 spiro atoms. The Morgan fingerprint density at radius 2 is 1.82 bits per heavy atom. The van der Waals surface area contributed by atoms with Crippen molar-refractivity contribution < 1.29 is 4.79 Å². The van der Waals surface area contributed by atoms with E-state index in [0.717, 1.165) is 45.3 Å². The summed E-state index contributed by atoms with van der Waals surface area (Å²) in [5.74, 6) is 0.745. The number of amides is 1. The van der Waals surface area contributed by atoms with Crippen LogP contribution in [0.25, 0.3) is 0 Å². The minimum Gasteiger partial charge on any atom is -0.342 e. The van der Waals surface area contributed by atoms with Crippen LogP contribution in [0.15, 0.2) is 0 Å². The molecule has 0 aromatic rings. The van der Waals surface area contributed by atoms with Crippen molar-refractivity contribution in [3.63, 3.8) is 0 Å². The van der Waals surface area contributed by atoms with Crippen LogP contribution in [0.1, 0.15) is 51.9 Å². The molecule has 3 nitrogen and oxygen atoms in total. The van der Waals surface area contributed by atoms with Crippen molar-refractivity contribution in [2.24, 2.45) is 17.1 Å². The largest absolute Gasteiger partial charge is 0.342 e. The Labute approximate surface area is 105 Å². The van der Waals surface area contributed by atoms with E-state index in [9.17, 15) is 4.79 Å². The van der Waals surface area contributed by atoms with Crippen LogP contribution in [0.3, 0.4) is 0 Å². The fourth-order valence-electron chi connectivity index (χ4n) is 3.08. The molecule has 0 bridgehead atoms. The quantitative estimate of drug-likeness (QED) is 0.801.